The summed E-state index contributed by atoms with van der Waals surface area (Å²) in [5, 5.41) is 5.35. The lowest BCUT2D eigenvalue weighted by molar-refractivity contribution is -0.117. The predicted octanol–water partition coefficient (Wildman–Crippen LogP) is 7.00. The first-order chi connectivity index (χ1) is 18.0. The summed E-state index contributed by atoms with van der Waals surface area (Å²) in [6.45, 7) is 4.27. The van der Waals surface area contributed by atoms with Crippen LogP contribution < -0.4 is 14.8 Å². The zero-order chi connectivity index (χ0) is 26.2. The first-order valence-electron chi connectivity index (χ1n) is 12.6. The number of carbonyl (C=O) groups is 2. The van der Waals surface area contributed by atoms with Gasteiger partial charge in [-0.05, 0) is 77.9 Å². The molecule has 0 bridgehead atoms. The van der Waals surface area contributed by atoms with Crippen molar-refractivity contribution >= 4 is 28.7 Å². The molecule has 0 aromatic heterocycles. The summed E-state index contributed by atoms with van der Waals surface area (Å²) >= 11 is 0. The van der Waals surface area contributed by atoms with E-state index in [-0.39, 0.29) is 11.8 Å². The number of unbranched alkanes of at least 4 members (excludes halogenated alkanes) is 1. The lowest BCUT2D eigenvalue weighted by atomic mass is 9.94. The molecule has 0 aliphatic heterocycles. The van der Waals surface area contributed by atoms with Gasteiger partial charge < -0.3 is 19.6 Å². The standard InChI is InChI=1S/C32H33NO4/c1-22-14-17-30(36-3)31(19-22)37-21-24-15-16-26(10-6-7-18-34)29(20-24)33-32(35)23(2)27-13-8-11-25-9-4-5-12-28(25)27/h4-5,8-9,11-20,23H,6-7,10,21H2,1-3H3,(H,33,35). The Morgan fingerprint density at radius 2 is 1.78 bits per heavy atom. The molecule has 0 aliphatic rings. The van der Waals surface area contributed by atoms with E-state index in [1.165, 1.54) is 0 Å². The van der Waals surface area contributed by atoms with Gasteiger partial charge in [0, 0.05) is 12.1 Å². The number of ether oxygens (including phenoxy) is 2. The van der Waals surface area contributed by atoms with Crippen molar-refractivity contribution in [3.8, 4) is 11.5 Å². The molecule has 1 N–H and O–H groups in total. The summed E-state index contributed by atoms with van der Waals surface area (Å²) in [5.74, 6) is 0.929. The van der Waals surface area contributed by atoms with Crippen LogP contribution in [0.2, 0.25) is 0 Å². The zero-order valence-electron chi connectivity index (χ0n) is 21.6. The molecule has 4 aromatic carbocycles. The van der Waals surface area contributed by atoms with Crippen LogP contribution in [-0.2, 0) is 22.6 Å². The average molecular weight is 496 g/mol. The fourth-order valence-electron chi connectivity index (χ4n) is 4.49. The van der Waals surface area contributed by atoms with E-state index in [2.05, 4.69) is 23.5 Å². The molecular weight excluding hydrogens is 462 g/mol. The van der Waals surface area contributed by atoms with Crippen LogP contribution in [-0.4, -0.2) is 19.3 Å². The Balaban J connectivity index is 1.57. The summed E-state index contributed by atoms with van der Waals surface area (Å²) in [6.07, 6.45) is 2.83. The number of anilines is 1. The minimum atomic E-state index is -0.342. The van der Waals surface area contributed by atoms with Gasteiger partial charge in [-0.3, -0.25) is 4.79 Å². The van der Waals surface area contributed by atoms with Crippen LogP contribution in [0.5, 0.6) is 11.5 Å². The van der Waals surface area contributed by atoms with Gasteiger partial charge in [0.1, 0.15) is 12.9 Å². The number of amides is 1. The van der Waals surface area contributed by atoms with Crippen molar-refractivity contribution in [3.63, 3.8) is 0 Å². The second kappa shape index (κ2) is 12.2. The summed E-state index contributed by atoms with van der Waals surface area (Å²) in [7, 11) is 1.62. The van der Waals surface area contributed by atoms with Crippen molar-refractivity contribution in [2.45, 2.75) is 45.6 Å². The molecule has 1 unspecified atom stereocenters. The van der Waals surface area contributed by atoms with Crippen molar-refractivity contribution in [2.75, 3.05) is 12.4 Å². The smallest absolute Gasteiger partial charge is 0.231 e. The van der Waals surface area contributed by atoms with E-state index in [4.69, 9.17) is 9.47 Å². The zero-order valence-corrected chi connectivity index (χ0v) is 21.6. The normalized spacial score (nSPS) is 11.6. The van der Waals surface area contributed by atoms with Crippen molar-refractivity contribution in [3.05, 3.63) is 101 Å². The quantitative estimate of drug-likeness (QED) is 0.180. The van der Waals surface area contributed by atoms with Crippen LogP contribution in [0, 0.1) is 6.92 Å². The Labute approximate surface area is 218 Å². The fourth-order valence-corrected chi connectivity index (χ4v) is 4.49. The summed E-state index contributed by atoms with van der Waals surface area (Å²) in [5.41, 5.74) is 4.74. The predicted molar refractivity (Wildman–Crippen MR) is 148 cm³/mol. The van der Waals surface area contributed by atoms with Crippen LogP contribution >= 0.6 is 0 Å². The third kappa shape index (κ3) is 6.36. The Morgan fingerprint density at radius 1 is 0.973 bits per heavy atom. The number of nitrogens with one attached hydrogen (secondary N) is 1. The molecule has 0 radical (unpaired) electrons. The van der Waals surface area contributed by atoms with E-state index >= 15 is 0 Å². The topological polar surface area (TPSA) is 64.6 Å². The Morgan fingerprint density at radius 3 is 2.59 bits per heavy atom. The van der Waals surface area contributed by atoms with E-state index < -0.39 is 0 Å². The molecule has 4 aromatic rings. The van der Waals surface area contributed by atoms with E-state index in [9.17, 15) is 9.59 Å². The monoisotopic (exact) mass is 495 g/mol. The second-order valence-corrected chi connectivity index (χ2v) is 9.27. The van der Waals surface area contributed by atoms with Crippen LogP contribution in [0.4, 0.5) is 5.69 Å². The molecule has 190 valence electrons. The van der Waals surface area contributed by atoms with Crippen LogP contribution in [0.1, 0.15) is 47.9 Å². The number of aryl methyl sites for hydroxylation is 2. The number of hydrogen-bond acceptors (Lipinski definition) is 4. The third-order valence-corrected chi connectivity index (χ3v) is 6.60. The second-order valence-electron chi connectivity index (χ2n) is 9.27. The van der Waals surface area contributed by atoms with Gasteiger partial charge in [-0.25, -0.2) is 0 Å². The molecule has 0 aliphatic carbocycles. The number of rotatable bonds is 11. The average Bonchev–Trinajstić information content (AvgIpc) is 2.92. The number of methoxy groups -OCH3 is 1. The molecule has 0 saturated carbocycles. The molecule has 5 heteroatoms. The lowest BCUT2D eigenvalue weighted by Gasteiger charge is -2.18. The minimum absolute atomic E-state index is 0.0774. The van der Waals surface area contributed by atoms with Gasteiger partial charge in [-0.15, -0.1) is 0 Å². The molecule has 0 spiro atoms. The maximum Gasteiger partial charge on any atom is 0.231 e. The summed E-state index contributed by atoms with van der Waals surface area (Å²) in [6, 6.07) is 26.0. The Kier molecular flexibility index (Phi) is 8.57. The number of aldehydes is 1. The molecule has 0 saturated heterocycles. The summed E-state index contributed by atoms with van der Waals surface area (Å²) < 4.78 is 11.5. The van der Waals surface area contributed by atoms with E-state index in [0.29, 0.717) is 30.9 Å². The van der Waals surface area contributed by atoms with Gasteiger partial charge in [-0.2, -0.15) is 0 Å². The van der Waals surface area contributed by atoms with Gasteiger partial charge in [0.25, 0.3) is 0 Å². The van der Waals surface area contributed by atoms with Gasteiger partial charge in [0.05, 0.1) is 13.0 Å². The highest BCUT2D eigenvalue weighted by molar-refractivity contribution is 5.99. The van der Waals surface area contributed by atoms with Crippen molar-refractivity contribution in [1.82, 2.24) is 0 Å². The molecule has 4 rings (SSSR count). The van der Waals surface area contributed by atoms with E-state index in [1.807, 2.05) is 74.5 Å². The molecular formula is C32H33NO4. The minimum Gasteiger partial charge on any atom is -0.493 e. The van der Waals surface area contributed by atoms with Gasteiger partial charge in [-0.1, -0.05) is 60.7 Å². The highest BCUT2D eigenvalue weighted by Crippen LogP contribution is 2.30. The first kappa shape index (κ1) is 26.0. The van der Waals surface area contributed by atoms with Gasteiger partial charge in [0.2, 0.25) is 5.91 Å². The SMILES string of the molecule is COc1ccc(C)cc1OCc1ccc(CCCC=O)c(NC(=O)C(C)c2cccc3ccccc23)c1. The number of fused-ring (bicyclic) bond motifs is 1. The molecule has 5 nitrogen and oxygen atoms in total. The van der Waals surface area contributed by atoms with Crippen molar-refractivity contribution < 1.29 is 19.1 Å². The third-order valence-electron chi connectivity index (χ3n) is 6.60. The van der Waals surface area contributed by atoms with Crippen LogP contribution in [0.15, 0.2) is 78.9 Å². The van der Waals surface area contributed by atoms with Crippen LogP contribution in [0.3, 0.4) is 0 Å². The molecule has 0 heterocycles. The maximum atomic E-state index is 13.4. The molecule has 1 atom stereocenters. The largest absolute Gasteiger partial charge is 0.493 e. The van der Waals surface area contributed by atoms with Gasteiger partial charge >= 0.3 is 0 Å². The number of hydrogen-bond donors (Lipinski definition) is 1. The fraction of sp³-hybridized carbons (Fsp3) is 0.250. The first-order valence-corrected chi connectivity index (χ1v) is 12.6. The Hall–Kier alpha value is -4.12. The van der Waals surface area contributed by atoms with E-state index in [1.54, 1.807) is 7.11 Å². The number of carbonyl (C=O) groups excluding carboxylic acids is 2. The van der Waals surface area contributed by atoms with Crippen molar-refractivity contribution in [2.24, 2.45) is 0 Å². The van der Waals surface area contributed by atoms with Gasteiger partial charge in [0.15, 0.2) is 11.5 Å². The maximum absolute atomic E-state index is 13.4. The highest BCUT2D eigenvalue weighted by Gasteiger charge is 2.19. The highest BCUT2D eigenvalue weighted by atomic mass is 16.5. The van der Waals surface area contributed by atoms with E-state index in [0.717, 1.165) is 51.4 Å². The van der Waals surface area contributed by atoms with Crippen molar-refractivity contribution in [1.29, 1.82) is 0 Å². The lowest BCUT2D eigenvalue weighted by Crippen LogP contribution is -2.20. The number of benzene rings is 4. The molecule has 1 amide bonds. The molecule has 0 fully saturated rings. The molecule has 37 heavy (non-hydrogen) atoms. The van der Waals surface area contributed by atoms with Crippen LogP contribution in [0.25, 0.3) is 10.8 Å². The summed E-state index contributed by atoms with van der Waals surface area (Å²) in [4.78, 5) is 24.3. The Bertz CT molecular complexity index is 1390.